The van der Waals surface area contributed by atoms with Gasteiger partial charge in [-0.15, -0.1) is 11.3 Å². The van der Waals surface area contributed by atoms with Crippen molar-refractivity contribution in [1.29, 1.82) is 0 Å². The molecule has 100 valence electrons. The van der Waals surface area contributed by atoms with Gasteiger partial charge >= 0.3 is 0 Å². The van der Waals surface area contributed by atoms with Crippen LogP contribution in [0.1, 0.15) is 39.6 Å². The Morgan fingerprint density at radius 3 is 2.63 bits per heavy atom. The van der Waals surface area contributed by atoms with Crippen molar-refractivity contribution in [2.75, 3.05) is 0 Å². The predicted molar refractivity (Wildman–Crippen MR) is 77.1 cm³/mol. The van der Waals surface area contributed by atoms with Gasteiger partial charge < -0.3 is 11.1 Å². The zero-order chi connectivity index (χ0) is 13.8. The third-order valence-corrected chi connectivity index (χ3v) is 3.95. The van der Waals surface area contributed by atoms with Crippen molar-refractivity contribution in [2.45, 2.75) is 26.4 Å². The third kappa shape index (κ3) is 3.39. The molecule has 0 spiro atoms. The summed E-state index contributed by atoms with van der Waals surface area (Å²) in [7, 11) is 0. The maximum atomic E-state index is 12.1. The number of hydrogen-bond donors (Lipinski definition) is 2. The molecular weight excluding hydrogens is 258 g/mol. The summed E-state index contributed by atoms with van der Waals surface area (Å²) in [5.74, 6) is -0.0936. The fraction of sp³-hybridized carbons (Fsp3) is 0.286. The van der Waals surface area contributed by atoms with Gasteiger partial charge in [0.25, 0.3) is 5.91 Å². The molecule has 0 saturated heterocycles. The summed E-state index contributed by atoms with van der Waals surface area (Å²) in [6.07, 6.45) is 0. The van der Waals surface area contributed by atoms with Crippen molar-refractivity contribution in [3.8, 4) is 0 Å². The van der Waals surface area contributed by atoms with Crippen LogP contribution in [0.15, 0.2) is 29.6 Å². The minimum atomic E-state index is -0.0936. The van der Waals surface area contributed by atoms with Crippen LogP contribution in [0, 0.1) is 6.92 Å². The number of nitrogens with two attached hydrogens (primary N) is 1. The molecule has 0 saturated carbocycles. The number of thiazole rings is 1. The lowest BCUT2D eigenvalue weighted by Crippen LogP contribution is -2.26. The number of nitrogens with zero attached hydrogens (tertiary/aromatic N) is 1. The number of aromatic nitrogens is 1. The Balaban J connectivity index is 2.03. The van der Waals surface area contributed by atoms with Gasteiger partial charge in [-0.25, -0.2) is 4.98 Å². The van der Waals surface area contributed by atoms with E-state index < -0.39 is 0 Å². The van der Waals surface area contributed by atoms with E-state index in [0.29, 0.717) is 12.1 Å². The Labute approximate surface area is 116 Å². The van der Waals surface area contributed by atoms with Gasteiger partial charge in [-0.2, -0.15) is 0 Å². The first kappa shape index (κ1) is 13.7. The lowest BCUT2D eigenvalue weighted by Gasteiger charge is -2.11. The smallest absolute Gasteiger partial charge is 0.251 e. The van der Waals surface area contributed by atoms with E-state index in [9.17, 15) is 4.79 Å². The normalized spacial score (nSPS) is 12.2. The van der Waals surface area contributed by atoms with Crippen molar-refractivity contribution < 1.29 is 4.79 Å². The molecule has 2 rings (SSSR count). The molecule has 1 atom stereocenters. The van der Waals surface area contributed by atoms with Crippen molar-refractivity contribution in [1.82, 2.24) is 10.3 Å². The zero-order valence-electron chi connectivity index (χ0n) is 11.0. The highest BCUT2D eigenvalue weighted by molar-refractivity contribution is 7.09. The molecule has 0 aliphatic carbocycles. The Hall–Kier alpha value is -1.72. The SMILES string of the molecule is Cc1csc(C(C)NC(=O)c2ccc(CN)cc2)n1. The molecule has 0 aliphatic rings. The quantitative estimate of drug-likeness (QED) is 0.900. The van der Waals surface area contributed by atoms with Crippen LogP contribution in [0.25, 0.3) is 0 Å². The van der Waals surface area contributed by atoms with Crippen LogP contribution in [0.5, 0.6) is 0 Å². The summed E-state index contributed by atoms with van der Waals surface area (Å²) in [6, 6.07) is 7.23. The first-order valence-electron chi connectivity index (χ1n) is 6.12. The second-order valence-electron chi connectivity index (χ2n) is 4.42. The van der Waals surface area contributed by atoms with E-state index in [1.54, 1.807) is 23.5 Å². The van der Waals surface area contributed by atoms with Crippen LogP contribution >= 0.6 is 11.3 Å². The number of rotatable bonds is 4. The van der Waals surface area contributed by atoms with Crippen molar-refractivity contribution in [3.63, 3.8) is 0 Å². The van der Waals surface area contributed by atoms with E-state index in [2.05, 4.69) is 10.3 Å². The van der Waals surface area contributed by atoms with Crippen molar-refractivity contribution in [3.05, 3.63) is 51.5 Å². The van der Waals surface area contributed by atoms with Gasteiger partial charge in [-0.1, -0.05) is 12.1 Å². The van der Waals surface area contributed by atoms with E-state index in [0.717, 1.165) is 16.3 Å². The molecule has 1 unspecified atom stereocenters. The molecule has 1 aromatic carbocycles. The molecule has 0 bridgehead atoms. The first-order chi connectivity index (χ1) is 9.10. The number of aryl methyl sites for hydroxylation is 1. The molecule has 0 aliphatic heterocycles. The minimum absolute atomic E-state index is 0.0830. The van der Waals surface area contributed by atoms with Gasteiger partial charge in [-0.3, -0.25) is 4.79 Å². The second kappa shape index (κ2) is 5.95. The average Bonchev–Trinajstić information content (AvgIpc) is 2.85. The van der Waals surface area contributed by atoms with Gasteiger partial charge in [-0.05, 0) is 31.5 Å². The van der Waals surface area contributed by atoms with E-state index >= 15 is 0 Å². The number of nitrogens with one attached hydrogen (secondary N) is 1. The summed E-state index contributed by atoms with van der Waals surface area (Å²) >= 11 is 1.56. The zero-order valence-corrected chi connectivity index (χ0v) is 11.8. The third-order valence-electron chi connectivity index (χ3n) is 2.81. The first-order valence-corrected chi connectivity index (χ1v) is 7.00. The van der Waals surface area contributed by atoms with E-state index in [4.69, 9.17) is 5.73 Å². The van der Waals surface area contributed by atoms with Crippen LogP contribution in [0.2, 0.25) is 0 Å². The van der Waals surface area contributed by atoms with Crippen LogP contribution in [-0.2, 0) is 6.54 Å². The van der Waals surface area contributed by atoms with E-state index in [1.807, 2.05) is 31.4 Å². The Morgan fingerprint density at radius 1 is 1.42 bits per heavy atom. The maximum absolute atomic E-state index is 12.1. The highest BCUT2D eigenvalue weighted by Gasteiger charge is 2.13. The van der Waals surface area contributed by atoms with Gasteiger partial charge in [0.15, 0.2) is 0 Å². The van der Waals surface area contributed by atoms with Crippen molar-refractivity contribution >= 4 is 17.2 Å². The monoisotopic (exact) mass is 275 g/mol. The summed E-state index contributed by atoms with van der Waals surface area (Å²) in [5.41, 5.74) is 8.16. The molecule has 0 radical (unpaired) electrons. The van der Waals surface area contributed by atoms with Crippen molar-refractivity contribution in [2.24, 2.45) is 5.73 Å². The fourth-order valence-electron chi connectivity index (χ4n) is 1.70. The lowest BCUT2D eigenvalue weighted by molar-refractivity contribution is 0.0940. The highest BCUT2D eigenvalue weighted by atomic mass is 32.1. The average molecular weight is 275 g/mol. The van der Waals surface area contributed by atoms with Crippen LogP contribution in [0.4, 0.5) is 0 Å². The highest BCUT2D eigenvalue weighted by Crippen LogP contribution is 2.18. The van der Waals surface area contributed by atoms with E-state index in [1.165, 1.54) is 0 Å². The van der Waals surface area contributed by atoms with Crippen LogP contribution < -0.4 is 11.1 Å². The fourth-order valence-corrected chi connectivity index (χ4v) is 2.51. The molecular formula is C14H17N3OS. The molecule has 1 aromatic heterocycles. The minimum Gasteiger partial charge on any atom is -0.343 e. The topological polar surface area (TPSA) is 68.0 Å². The Kier molecular flexibility index (Phi) is 4.29. The summed E-state index contributed by atoms with van der Waals surface area (Å²) in [4.78, 5) is 16.4. The number of carbonyl (C=O) groups is 1. The second-order valence-corrected chi connectivity index (χ2v) is 5.31. The summed E-state index contributed by atoms with van der Waals surface area (Å²) in [6.45, 7) is 4.36. The summed E-state index contributed by atoms with van der Waals surface area (Å²) < 4.78 is 0. The molecule has 2 aromatic rings. The number of benzene rings is 1. The van der Waals surface area contributed by atoms with Crippen LogP contribution in [0.3, 0.4) is 0 Å². The molecule has 3 N–H and O–H groups in total. The van der Waals surface area contributed by atoms with Gasteiger partial charge in [0, 0.05) is 23.2 Å². The Bertz CT molecular complexity index is 562. The largest absolute Gasteiger partial charge is 0.343 e. The molecule has 1 heterocycles. The molecule has 5 heteroatoms. The Morgan fingerprint density at radius 2 is 2.11 bits per heavy atom. The molecule has 1 amide bonds. The number of carbonyl (C=O) groups excluding carboxylic acids is 1. The maximum Gasteiger partial charge on any atom is 0.251 e. The lowest BCUT2D eigenvalue weighted by atomic mass is 10.1. The number of hydrogen-bond acceptors (Lipinski definition) is 4. The van der Waals surface area contributed by atoms with Gasteiger partial charge in [0.05, 0.1) is 6.04 Å². The molecule has 4 nitrogen and oxygen atoms in total. The predicted octanol–water partition coefficient (Wildman–Crippen LogP) is 2.40. The van der Waals surface area contributed by atoms with Gasteiger partial charge in [0.2, 0.25) is 0 Å². The van der Waals surface area contributed by atoms with Gasteiger partial charge in [0.1, 0.15) is 5.01 Å². The molecule has 0 fully saturated rings. The standard InChI is InChI=1S/C14H17N3OS/c1-9-8-19-14(16-9)10(2)17-13(18)12-5-3-11(7-15)4-6-12/h3-6,8,10H,7,15H2,1-2H3,(H,17,18). The summed E-state index contributed by atoms with van der Waals surface area (Å²) in [5, 5.41) is 5.84. The molecule has 19 heavy (non-hydrogen) atoms. The number of amides is 1. The van der Waals surface area contributed by atoms with E-state index in [-0.39, 0.29) is 11.9 Å². The van der Waals surface area contributed by atoms with Crippen LogP contribution in [-0.4, -0.2) is 10.9 Å².